The smallest absolute Gasteiger partial charge is 0.323 e. The third-order valence-electron chi connectivity index (χ3n) is 8.44. The minimum atomic E-state index is -0.459. The SMILES string of the molecule is COc1ccc(CN(C)C[C@H]2OCCCC[C@@H](C)Oc3ccc(NC(=O)Nc4ccccc4)cc3C(=O)N([C@H](C)CO)C[C@H]2C)cc1. The van der Waals surface area contributed by atoms with Gasteiger partial charge in [-0.3, -0.25) is 9.69 Å². The van der Waals surface area contributed by atoms with Gasteiger partial charge in [-0.2, -0.15) is 0 Å². The van der Waals surface area contributed by atoms with E-state index < -0.39 is 12.1 Å². The number of methoxy groups -OCH3 is 1. The third kappa shape index (κ3) is 10.7. The van der Waals surface area contributed by atoms with Gasteiger partial charge in [0.2, 0.25) is 0 Å². The number of hydrogen-bond donors (Lipinski definition) is 3. The summed E-state index contributed by atoms with van der Waals surface area (Å²) in [6.45, 7) is 8.09. The summed E-state index contributed by atoms with van der Waals surface area (Å²) in [4.78, 5) is 31.1. The van der Waals surface area contributed by atoms with Crippen LogP contribution in [0.15, 0.2) is 72.8 Å². The molecule has 0 radical (unpaired) electrons. The molecule has 1 aliphatic heterocycles. The van der Waals surface area contributed by atoms with E-state index in [2.05, 4.69) is 41.6 Å². The van der Waals surface area contributed by atoms with Crippen molar-refractivity contribution in [2.24, 2.45) is 5.92 Å². The first-order valence-electron chi connectivity index (χ1n) is 16.5. The highest BCUT2D eigenvalue weighted by atomic mass is 16.5. The number of ether oxygens (including phenoxy) is 3. The van der Waals surface area contributed by atoms with Gasteiger partial charge in [0, 0.05) is 43.5 Å². The number of carbonyl (C=O) groups is 2. The van der Waals surface area contributed by atoms with Crippen LogP contribution in [0.2, 0.25) is 0 Å². The van der Waals surface area contributed by atoms with Crippen molar-refractivity contribution >= 4 is 23.3 Å². The number of nitrogens with one attached hydrogen (secondary N) is 2. The predicted molar refractivity (Wildman–Crippen MR) is 185 cm³/mol. The molecule has 47 heavy (non-hydrogen) atoms. The number of para-hydroxylation sites is 1. The average molecular weight is 647 g/mol. The van der Waals surface area contributed by atoms with Crippen molar-refractivity contribution in [3.63, 3.8) is 0 Å². The monoisotopic (exact) mass is 646 g/mol. The van der Waals surface area contributed by atoms with Crippen LogP contribution in [-0.2, 0) is 11.3 Å². The molecule has 0 aliphatic carbocycles. The lowest BCUT2D eigenvalue weighted by Gasteiger charge is -2.36. The van der Waals surface area contributed by atoms with E-state index in [4.69, 9.17) is 14.2 Å². The van der Waals surface area contributed by atoms with Crippen molar-refractivity contribution in [1.82, 2.24) is 9.80 Å². The summed E-state index contributed by atoms with van der Waals surface area (Å²) in [5.41, 5.74) is 2.60. The maximum Gasteiger partial charge on any atom is 0.323 e. The number of likely N-dealkylation sites (N-methyl/N-ethyl adjacent to an activating group) is 1. The zero-order valence-electron chi connectivity index (χ0n) is 28.3. The Bertz CT molecular complexity index is 1420. The van der Waals surface area contributed by atoms with Crippen LogP contribution < -0.4 is 20.1 Å². The highest BCUT2D eigenvalue weighted by Crippen LogP contribution is 2.29. The number of fused-ring (bicyclic) bond motifs is 1. The van der Waals surface area contributed by atoms with Crippen LogP contribution in [0, 0.1) is 5.92 Å². The van der Waals surface area contributed by atoms with E-state index in [0.717, 1.165) is 31.6 Å². The minimum absolute atomic E-state index is 0.0459. The fourth-order valence-corrected chi connectivity index (χ4v) is 5.69. The van der Waals surface area contributed by atoms with E-state index in [-0.39, 0.29) is 30.6 Å². The molecule has 0 unspecified atom stereocenters. The van der Waals surface area contributed by atoms with Gasteiger partial charge in [-0.15, -0.1) is 0 Å². The van der Waals surface area contributed by atoms with Crippen LogP contribution in [0.3, 0.4) is 0 Å². The molecule has 0 saturated carbocycles. The Morgan fingerprint density at radius 3 is 2.47 bits per heavy atom. The summed E-state index contributed by atoms with van der Waals surface area (Å²) in [6.07, 6.45) is 2.32. The Labute approximate surface area is 279 Å². The third-order valence-corrected chi connectivity index (χ3v) is 8.44. The molecule has 254 valence electrons. The number of urea groups is 1. The molecule has 0 fully saturated rings. The lowest BCUT2D eigenvalue weighted by molar-refractivity contribution is -0.0177. The van der Waals surface area contributed by atoms with Gasteiger partial charge in [0.25, 0.3) is 5.91 Å². The lowest BCUT2D eigenvalue weighted by Crippen LogP contribution is -2.47. The maximum atomic E-state index is 14.4. The molecule has 0 spiro atoms. The molecule has 3 N–H and O–H groups in total. The van der Waals surface area contributed by atoms with Crippen molar-refractivity contribution in [2.45, 2.75) is 64.8 Å². The van der Waals surface area contributed by atoms with Crippen molar-refractivity contribution < 1.29 is 28.9 Å². The van der Waals surface area contributed by atoms with Crippen molar-refractivity contribution in [1.29, 1.82) is 0 Å². The molecule has 0 aromatic heterocycles. The van der Waals surface area contributed by atoms with Gasteiger partial charge in [-0.25, -0.2) is 4.79 Å². The molecule has 0 bridgehead atoms. The second-order valence-electron chi connectivity index (χ2n) is 12.5. The van der Waals surface area contributed by atoms with Crippen molar-refractivity contribution in [3.8, 4) is 11.5 Å². The number of rotatable bonds is 9. The average Bonchev–Trinajstić information content (AvgIpc) is 3.06. The number of benzene rings is 3. The van der Waals surface area contributed by atoms with Crippen LogP contribution in [0.25, 0.3) is 0 Å². The molecule has 1 aliphatic rings. The highest BCUT2D eigenvalue weighted by molar-refractivity contribution is 6.02. The lowest BCUT2D eigenvalue weighted by atomic mass is 10.0. The molecule has 3 aromatic carbocycles. The molecule has 4 rings (SSSR count). The molecule has 10 heteroatoms. The zero-order valence-corrected chi connectivity index (χ0v) is 28.3. The summed E-state index contributed by atoms with van der Waals surface area (Å²) in [6, 6.07) is 21.4. The zero-order chi connectivity index (χ0) is 33.8. The fraction of sp³-hybridized carbons (Fsp3) is 0.459. The van der Waals surface area contributed by atoms with Gasteiger partial charge in [-0.1, -0.05) is 37.3 Å². The first-order valence-corrected chi connectivity index (χ1v) is 16.5. The first kappa shape index (κ1) is 35.7. The van der Waals surface area contributed by atoms with Crippen molar-refractivity contribution in [3.05, 3.63) is 83.9 Å². The number of hydrogen-bond acceptors (Lipinski definition) is 7. The Balaban J connectivity index is 1.57. The minimum Gasteiger partial charge on any atom is -0.497 e. The quantitative estimate of drug-likeness (QED) is 0.251. The van der Waals surface area contributed by atoms with Gasteiger partial charge >= 0.3 is 6.03 Å². The second kappa shape index (κ2) is 17.7. The number of aliphatic hydroxyl groups is 1. The van der Waals surface area contributed by atoms with Crippen LogP contribution in [0.4, 0.5) is 16.2 Å². The highest BCUT2D eigenvalue weighted by Gasteiger charge is 2.30. The van der Waals surface area contributed by atoms with Gasteiger partial charge in [0.1, 0.15) is 11.5 Å². The Kier molecular flexibility index (Phi) is 13.5. The van der Waals surface area contributed by atoms with E-state index in [1.54, 1.807) is 42.3 Å². The van der Waals surface area contributed by atoms with Crippen molar-refractivity contribution in [2.75, 3.05) is 51.1 Å². The van der Waals surface area contributed by atoms with Crippen LogP contribution in [-0.4, -0.2) is 85.6 Å². The number of nitrogens with zero attached hydrogens (tertiary/aromatic N) is 2. The number of anilines is 2. The maximum absolute atomic E-state index is 14.4. The Morgan fingerprint density at radius 2 is 1.77 bits per heavy atom. The van der Waals surface area contributed by atoms with Crippen LogP contribution in [0.1, 0.15) is 56.0 Å². The molecular formula is C37H50N4O6. The molecule has 3 amide bonds. The Hall–Kier alpha value is -4.12. The summed E-state index contributed by atoms with van der Waals surface area (Å²) < 4.78 is 18.1. The standard InChI is InChI=1S/C37H50N4O6/c1-26-22-41(27(2)25-42)36(43)33-21-31(39-37(44)38-30-12-7-6-8-13-30)16-19-34(33)47-28(3)11-9-10-20-46-35(26)24-40(4)23-29-14-17-32(45-5)18-15-29/h6-8,12-19,21,26-28,35,42H,9-11,20,22-25H2,1-5H3,(H2,38,39,44)/t26-,27-,28-,35-/m1/s1. The number of amides is 3. The topological polar surface area (TPSA) is 113 Å². The Morgan fingerprint density at radius 1 is 1.04 bits per heavy atom. The summed E-state index contributed by atoms with van der Waals surface area (Å²) in [5.74, 6) is 0.941. The summed E-state index contributed by atoms with van der Waals surface area (Å²) >= 11 is 0. The first-order chi connectivity index (χ1) is 22.7. The van der Waals surface area contributed by atoms with Crippen LogP contribution >= 0.6 is 0 Å². The van der Waals surface area contributed by atoms with E-state index in [9.17, 15) is 14.7 Å². The van der Waals surface area contributed by atoms with Gasteiger partial charge in [0.05, 0.1) is 37.5 Å². The molecule has 4 atom stereocenters. The number of carbonyl (C=O) groups excluding carboxylic acids is 2. The predicted octanol–water partition coefficient (Wildman–Crippen LogP) is 6.27. The fourth-order valence-electron chi connectivity index (χ4n) is 5.69. The molecule has 3 aromatic rings. The molecule has 1 heterocycles. The van der Waals surface area contributed by atoms with E-state index in [1.807, 2.05) is 44.2 Å². The van der Waals surface area contributed by atoms with E-state index >= 15 is 0 Å². The van der Waals surface area contributed by atoms with E-state index in [1.165, 1.54) is 5.56 Å². The summed E-state index contributed by atoms with van der Waals surface area (Å²) in [5, 5.41) is 15.9. The normalized spacial score (nSPS) is 20.0. The van der Waals surface area contributed by atoms with Gasteiger partial charge in [0.15, 0.2) is 0 Å². The molecule has 0 saturated heterocycles. The van der Waals surface area contributed by atoms with Crippen LogP contribution in [0.5, 0.6) is 11.5 Å². The van der Waals surface area contributed by atoms with Gasteiger partial charge < -0.3 is 34.9 Å². The van der Waals surface area contributed by atoms with Gasteiger partial charge in [-0.05, 0) is 88.2 Å². The molecular weight excluding hydrogens is 596 g/mol. The number of aliphatic hydroxyl groups excluding tert-OH is 1. The summed E-state index contributed by atoms with van der Waals surface area (Å²) in [7, 11) is 3.73. The van der Waals surface area contributed by atoms with E-state index in [0.29, 0.717) is 42.4 Å². The molecule has 10 nitrogen and oxygen atoms in total. The second-order valence-corrected chi connectivity index (χ2v) is 12.5. The largest absolute Gasteiger partial charge is 0.497 e.